The van der Waals surface area contributed by atoms with Crippen molar-refractivity contribution in [2.24, 2.45) is 5.92 Å². The first-order valence-corrected chi connectivity index (χ1v) is 12.4. The van der Waals surface area contributed by atoms with E-state index in [-0.39, 0.29) is 31.4 Å². The van der Waals surface area contributed by atoms with E-state index in [4.69, 9.17) is 9.47 Å². The lowest BCUT2D eigenvalue weighted by Crippen LogP contribution is -2.50. The summed E-state index contributed by atoms with van der Waals surface area (Å²) in [4.78, 5) is 24.1. The van der Waals surface area contributed by atoms with Crippen molar-refractivity contribution in [3.8, 4) is 5.75 Å². The van der Waals surface area contributed by atoms with Crippen LogP contribution in [0.2, 0.25) is 0 Å². The lowest BCUT2D eigenvalue weighted by molar-refractivity contribution is -0.122. The molecule has 0 aromatic heterocycles. The molecule has 1 heterocycles. The molecule has 31 heavy (non-hydrogen) atoms. The van der Waals surface area contributed by atoms with Gasteiger partial charge in [0.1, 0.15) is 12.5 Å². The van der Waals surface area contributed by atoms with Gasteiger partial charge in [0, 0.05) is 19.6 Å². The summed E-state index contributed by atoms with van der Waals surface area (Å²) < 4.78 is 39.3. The predicted octanol–water partition coefficient (Wildman–Crippen LogP) is 1.69. The van der Waals surface area contributed by atoms with Gasteiger partial charge in [-0.2, -0.15) is 0 Å². The van der Waals surface area contributed by atoms with Crippen LogP contribution in [0.4, 0.5) is 4.79 Å². The van der Waals surface area contributed by atoms with Crippen LogP contribution in [-0.4, -0.2) is 57.5 Å². The SMILES string of the molecule is O=C1CCN(COCCCS(=O)(=O)NC2(c3cccc(OCC4CC4)c3)CC2)C(=O)N1. The van der Waals surface area contributed by atoms with Crippen molar-refractivity contribution in [3.63, 3.8) is 0 Å². The summed E-state index contributed by atoms with van der Waals surface area (Å²) in [6.45, 7) is 1.26. The highest BCUT2D eigenvalue weighted by Gasteiger charge is 2.47. The third kappa shape index (κ3) is 6.18. The second-order valence-electron chi connectivity index (χ2n) is 8.54. The van der Waals surface area contributed by atoms with Gasteiger partial charge in [-0.05, 0) is 55.7 Å². The highest BCUT2D eigenvalue weighted by atomic mass is 32.2. The molecule has 0 unspecified atom stereocenters. The molecule has 3 amide bonds. The van der Waals surface area contributed by atoms with Crippen LogP contribution in [0.5, 0.6) is 5.75 Å². The number of hydrogen-bond donors (Lipinski definition) is 2. The maximum absolute atomic E-state index is 12.6. The first kappa shape index (κ1) is 22.0. The average molecular weight is 452 g/mol. The van der Waals surface area contributed by atoms with Crippen LogP contribution in [-0.2, 0) is 25.1 Å². The minimum absolute atomic E-state index is 0.0319. The van der Waals surface area contributed by atoms with E-state index in [1.165, 1.54) is 17.7 Å². The fourth-order valence-corrected chi connectivity index (χ4v) is 5.07. The van der Waals surface area contributed by atoms with E-state index in [9.17, 15) is 18.0 Å². The Labute approximate surface area is 182 Å². The Kier molecular flexibility index (Phi) is 6.49. The number of ether oxygens (including phenoxy) is 2. The number of nitrogens with zero attached hydrogens (tertiary/aromatic N) is 1. The van der Waals surface area contributed by atoms with Crippen LogP contribution >= 0.6 is 0 Å². The highest BCUT2D eigenvalue weighted by Crippen LogP contribution is 2.47. The summed E-state index contributed by atoms with van der Waals surface area (Å²) in [7, 11) is -3.49. The fraction of sp³-hybridized carbons (Fsp3) is 0.619. The van der Waals surface area contributed by atoms with Gasteiger partial charge in [-0.25, -0.2) is 17.9 Å². The molecule has 9 nitrogen and oxygen atoms in total. The molecule has 2 saturated carbocycles. The first-order chi connectivity index (χ1) is 14.9. The Hall–Kier alpha value is -2.17. The second kappa shape index (κ2) is 9.13. The largest absolute Gasteiger partial charge is 0.493 e. The smallest absolute Gasteiger partial charge is 0.325 e. The van der Waals surface area contributed by atoms with Gasteiger partial charge in [0.05, 0.1) is 17.9 Å². The molecule has 0 atom stereocenters. The summed E-state index contributed by atoms with van der Waals surface area (Å²) >= 11 is 0. The molecule has 1 saturated heterocycles. The van der Waals surface area contributed by atoms with Crippen molar-refractivity contribution in [2.45, 2.75) is 44.1 Å². The van der Waals surface area contributed by atoms with Gasteiger partial charge in [-0.15, -0.1) is 0 Å². The number of carbonyl (C=O) groups is 2. The Morgan fingerprint density at radius 1 is 1.23 bits per heavy atom. The summed E-state index contributed by atoms with van der Waals surface area (Å²) in [5.41, 5.74) is 0.392. The zero-order chi connectivity index (χ0) is 21.9. The van der Waals surface area contributed by atoms with Crippen molar-refractivity contribution in [2.75, 3.05) is 32.2 Å². The van der Waals surface area contributed by atoms with Crippen molar-refractivity contribution >= 4 is 22.0 Å². The molecule has 10 heteroatoms. The van der Waals surface area contributed by atoms with Gasteiger partial charge in [0.2, 0.25) is 15.9 Å². The van der Waals surface area contributed by atoms with Crippen molar-refractivity contribution in [3.05, 3.63) is 29.8 Å². The van der Waals surface area contributed by atoms with Gasteiger partial charge in [0.25, 0.3) is 0 Å². The maximum Gasteiger partial charge on any atom is 0.325 e. The topological polar surface area (TPSA) is 114 Å². The third-order valence-electron chi connectivity index (χ3n) is 5.76. The zero-order valence-corrected chi connectivity index (χ0v) is 18.3. The number of sulfonamides is 1. The van der Waals surface area contributed by atoms with E-state index in [0.717, 1.165) is 30.8 Å². The molecule has 3 fully saturated rings. The van der Waals surface area contributed by atoms with Crippen molar-refractivity contribution < 1.29 is 27.5 Å². The molecule has 2 N–H and O–H groups in total. The van der Waals surface area contributed by atoms with Gasteiger partial charge < -0.3 is 14.4 Å². The monoisotopic (exact) mass is 451 g/mol. The molecule has 3 aliphatic rings. The lowest BCUT2D eigenvalue weighted by atomic mass is 10.1. The van der Waals surface area contributed by atoms with E-state index in [1.807, 2.05) is 24.3 Å². The number of nitrogens with one attached hydrogen (secondary N) is 2. The van der Waals surface area contributed by atoms with E-state index >= 15 is 0 Å². The van der Waals surface area contributed by atoms with Gasteiger partial charge in [0.15, 0.2) is 0 Å². The molecule has 1 aromatic rings. The zero-order valence-electron chi connectivity index (χ0n) is 17.5. The Morgan fingerprint density at radius 2 is 2.03 bits per heavy atom. The van der Waals surface area contributed by atoms with Gasteiger partial charge in [-0.1, -0.05) is 12.1 Å². The third-order valence-corrected chi connectivity index (χ3v) is 7.29. The van der Waals surface area contributed by atoms with E-state index in [2.05, 4.69) is 10.0 Å². The van der Waals surface area contributed by atoms with E-state index in [0.29, 0.717) is 18.9 Å². The van der Waals surface area contributed by atoms with Crippen LogP contribution in [0.25, 0.3) is 0 Å². The second-order valence-corrected chi connectivity index (χ2v) is 10.4. The molecule has 1 aliphatic heterocycles. The summed E-state index contributed by atoms with van der Waals surface area (Å²) in [6.07, 6.45) is 4.51. The van der Waals surface area contributed by atoms with Crippen LogP contribution < -0.4 is 14.8 Å². The van der Waals surface area contributed by atoms with Gasteiger partial charge >= 0.3 is 6.03 Å². The highest BCUT2D eigenvalue weighted by molar-refractivity contribution is 7.89. The number of benzene rings is 1. The first-order valence-electron chi connectivity index (χ1n) is 10.8. The van der Waals surface area contributed by atoms with Crippen LogP contribution in [0.3, 0.4) is 0 Å². The summed E-state index contributed by atoms with van der Waals surface area (Å²) in [6, 6.07) is 7.22. The fourth-order valence-electron chi connectivity index (χ4n) is 3.55. The average Bonchev–Trinajstić information content (AvgIpc) is 3.64. The predicted molar refractivity (Wildman–Crippen MR) is 113 cm³/mol. The Morgan fingerprint density at radius 3 is 2.74 bits per heavy atom. The minimum Gasteiger partial charge on any atom is -0.493 e. The number of amides is 3. The number of imide groups is 1. The normalized spacial score (nSPS) is 20.5. The van der Waals surface area contributed by atoms with Crippen molar-refractivity contribution in [1.82, 2.24) is 14.9 Å². The molecule has 0 radical (unpaired) electrons. The van der Waals surface area contributed by atoms with E-state index in [1.54, 1.807) is 0 Å². The van der Waals surface area contributed by atoms with Gasteiger partial charge in [-0.3, -0.25) is 10.1 Å². The lowest BCUT2D eigenvalue weighted by Gasteiger charge is -2.26. The molecule has 0 bridgehead atoms. The quantitative estimate of drug-likeness (QED) is 0.468. The standard InChI is InChI=1S/C21H29N3O6S/c25-19-7-10-24(20(26)22-19)15-29-11-2-12-31(27,28)23-21(8-9-21)17-3-1-4-18(13-17)30-14-16-5-6-16/h1,3-4,13,16,23H,2,5-12,14-15H2,(H,22,25,26). The van der Waals surface area contributed by atoms with E-state index < -0.39 is 21.6 Å². The van der Waals surface area contributed by atoms with Crippen LogP contribution in [0.15, 0.2) is 24.3 Å². The van der Waals surface area contributed by atoms with Crippen molar-refractivity contribution in [1.29, 1.82) is 0 Å². The molecule has 0 spiro atoms. The molecule has 170 valence electrons. The maximum atomic E-state index is 12.6. The summed E-state index contributed by atoms with van der Waals surface area (Å²) in [5, 5.41) is 2.22. The molecule has 1 aromatic carbocycles. The number of carbonyl (C=O) groups excluding carboxylic acids is 2. The Balaban J connectivity index is 1.21. The molecular formula is C21H29N3O6S. The molecule has 4 rings (SSSR count). The number of urea groups is 1. The molecule has 2 aliphatic carbocycles. The van der Waals surface area contributed by atoms with Crippen LogP contribution in [0, 0.1) is 5.92 Å². The minimum atomic E-state index is -3.49. The molecular weight excluding hydrogens is 422 g/mol. The summed E-state index contributed by atoms with van der Waals surface area (Å²) in [5.74, 6) is 1.09. The van der Waals surface area contributed by atoms with Crippen LogP contribution in [0.1, 0.15) is 44.1 Å². The Bertz CT molecular complexity index is 927. The number of hydrogen-bond acceptors (Lipinski definition) is 6. The number of rotatable bonds is 12.